The van der Waals surface area contributed by atoms with Crippen molar-refractivity contribution in [1.82, 2.24) is 5.43 Å². The molecule has 3 rings (SSSR count). The van der Waals surface area contributed by atoms with E-state index in [0.717, 1.165) is 5.56 Å². The summed E-state index contributed by atoms with van der Waals surface area (Å²) in [4.78, 5) is 22.1. The number of anilines is 1. The van der Waals surface area contributed by atoms with Gasteiger partial charge in [0.25, 0.3) is 11.6 Å². The minimum atomic E-state index is -0.537. The number of fused-ring (bicyclic) bond motifs is 1. The molecule has 7 heteroatoms. The van der Waals surface area contributed by atoms with E-state index in [-0.39, 0.29) is 23.5 Å². The highest BCUT2D eigenvalue weighted by molar-refractivity contribution is 6.04. The molecule has 0 aliphatic carbocycles. The van der Waals surface area contributed by atoms with E-state index in [0.29, 0.717) is 11.3 Å². The van der Waals surface area contributed by atoms with Gasteiger partial charge in [0.2, 0.25) is 0 Å². The Morgan fingerprint density at radius 2 is 1.95 bits per heavy atom. The molecule has 0 saturated heterocycles. The van der Waals surface area contributed by atoms with E-state index < -0.39 is 10.8 Å². The number of halogens is 1. The zero-order valence-corrected chi connectivity index (χ0v) is 10.7. The molecule has 0 atom stereocenters. The number of nitro benzene ring substituents is 1. The van der Waals surface area contributed by atoms with Crippen molar-refractivity contribution in [2.24, 2.45) is 0 Å². The highest BCUT2D eigenvalue weighted by atomic mass is 19.1. The third kappa shape index (κ3) is 2.40. The highest BCUT2D eigenvalue weighted by Crippen LogP contribution is 2.31. The van der Waals surface area contributed by atoms with E-state index >= 15 is 0 Å². The van der Waals surface area contributed by atoms with Gasteiger partial charge >= 0.3 is 0 Å². The molecule has 0 bridgehead atoms. The Morgan fingerprint density at radius 1 is 1.24 bits per heavy atom. The number of hydrogen-bond acceptors (Lipinski definition) is 4. The van der Waals surface area contributed by atoms with Gasteiger partial charge in [-0.05, 0) is 23.8 Å². The molecular weight excluding hydrogens is 277 g/mol. The summed E-state index contributed by atoms with van der Waals surface area (Å²) in [5.74, 6) is -0.894. The second kappa shape index (κ2) is 4.86. The summed E-state index contributed by atoms with van der Waals surface area (Å²) < 4.78 is 12.9. The number of carbonyl (C=O) groups is 1. The Morgan fingerprint density at radius 3 is 2.62 bits per heavy atom. The second-order valence-corrected chi connectivity index (χ2v) is 4.62. The van der Waals surface area contributed by atoms with Crippen molar-refractivity contribution in [2.75, 3.05) is 5.43 Å². The summed E-state index contributed by atoms with van der Waals surface area (Å²) in [6, 6.07) is 8.48. The van der Waals surface area contributed by atoms with E-state index in [9.17, 15) is 19.3 Å². The summed E-state index contributed by atoms with van der Waals surface area (Å²) >= 11 is 0. The Balaban J connectivity index is 2.03. The van der Waals surface area contributed by atoms with Crippen molar-refractivity contribution >= 4 is 17.3 Å². The number of rotatable bonds is 3. The van der Waals surface area contributed by atoms with Crippen molar-refractivity contribution in [3.05, 3.63) is 69.0 Å². The van der Waals surface area contributed by atoms with Crippen molar-refractivity contribution in [2.45, 2.75) is 6.42 Å². The molecule has 6 nitrogen and oxygen atoms in total. The molecule has 105 valence electrons. The van der Waals surface area contributed by atoms with Crippen molar-refractivity contribution in [3.63, 3.8) is 0 Å². The van der Waals surface area contributed by atoms with Gasteiger partial charge in [-0.15, -0.1) is 5.43 Å². The largest absolute Gasteiger partial charge is 0.295 e. The molecule has 0 aromatic heterocycles. The van der Waals surface area contributed by atoms with Crippen molar-refractivity contribution in [1.29, 1.82) is 0 Å². The number of amides is 1. The number of carbonyl (C=O) groups excluding carboxylic acids is 1. The Kier molecular flexibility index (Phi) is 3.02. The van der Waals surface area contributed by atoms with E-state index in [2.05, 4.69) is 10.9 Å². The Labute approximate surface area is 118 Å². The molecule has 1 N–H and O–H groups in total. The molecule has 1 aliphatic heterocycles. The van der Waals surface area contributed by atoms with Crippen LogP contribution < -0.4 is 10.9 Å². The van der Waals surface area contributed by atoms with Gasteiger partial charge in [-0.25, -0.2) is 4.39 Å². The second-order valence-electron chi connectivity index (χ2n) is 4.62. The fourth-order valence-corrected chi connectivity index (χ4v) is 2.21. The van der Waals surface area contributed by atoms with Crippen LogP contribution in [0.15, 0.2) is 36.4 Å². The zero-order chi connectivity index (χ0) is 15.0. The zero-order valence-electron chi connectivity index (χ0n) is 10.7. The normalized spacial score (nSPS) is 12.5. The fourth-order valence-electron chi connectivity index (χ4n) is 2.21. The molecule has 0 fully saturated rings. The van der Waals surface area contributed by atoms with Crippen LogP contribution in [0.2, 0.25) is 0 Å². The monoisotopic (exact) mass is 286 g/mol. The van der Waals surface area contributed by atoms with Crippen LogP contribution in [0.25, 0.3) is 0 Å². The molecular formula is C14H9FN3O3. The summed E-state index contributed by atoms with van der Waals surface area (Å²) in [7, 11) is 0. The molecule has 0 spiro atoms. The van der Waals surface area contributed by atoms with Gasteiger partial charge in [-0.2, -0.15) is 0 Å². The third-order valence-corrected chi connectivity index (χ3v) is 3.23. The van der Waals surface area contributed by atoms with Crippen LogP contribution in [-0.2, 0) is 6.42 Å². The maximum atomic E-state index is 12.9. The third-order valence-electron chi connectivity index (χ3n) is 3.23. The SMILES string of the molecule is O=C1[N]Nc2cc(Cc3ccc(F)cc3)c([N+](=O)[O-])cc21. The van der Waals surface area contributed by atoms with Gasteiger partial charge < -0.3 is 0 Å². The molecule has 1 amide bonds. The van der Waals surface area contributed by atoms with Crippen LogP contribution in [0.3, 0.4) is 0 Å². The Hall–Kier alpha value is -2.96. The number of nitro groups is 1. The van der Waals surface area contributed by atoms with E-state index in [1.165, 1.54) is 24.3 Å². The first-order valence-corrected chi connectivity index (χ1v) is 6.11. The van der Waals surface area contributed by atoms with E-state index in [1.807, 2.05) is 0 Å². The summed E-state index contributed by atoms with van der Waals surface area (Å²) in [6.07, 6.45) is 0.264. The van der Waals surface area contributed by atoms with Crippen LogP contribution in [0.1, 0.15) is 21.5 Å². The van der Waals surface area contributed by atoms with Gasteiger partial charge in [-0.1, -0.05) is 12.1 Å². The lowest BCUT2D eigenvalue weighted by molar-refractivity contribution is -0.385. The predicted octanol–water partition coefficient (Wildman–Crippen LogP) is 2.41. The molecule has 21 heavy (non-hydrogen) atoms. The van der Waals surface area contributed by atoms with Gasteiger partial charge in [0, 0.05) is 18.1 Å². The first-order valence-electron chi connectivity index (χ1n) is 6.11. The van der Waals surface area contributed by atoms with Crippen molar-refractivity contribution in [3.8, 4) is 0 Å². The van der Waals surface area contributed by atoms with Crippen LogP contribution in [-0.4, -0.2) is 10.8 Å². The van der Waals surface area contributed by atoms with Gasteiger partial charge in [-0.3, -0.25) is 20.3 Å². The summed E-state index contributed by atoms with van der Waals surface area (Å²) in [5.41, 5.74) is 7.70. The van der Waals surface area contributed by atoms with Crippen LogP contribution >= 0.6 is 0 Å². The molecule has 1 aliphatic rings. The van der Waals surface area contributed by atoms with Crippen LogP contribution in [0.4, 0.5) is 15.8 Å². The molecule has 2 aromatic carbocycles. The number of nitrogens with one attached hydrogen (secondary N) is 1. The van der Waals surface area contributed by atoms with Gasteiger partial charge in [0.15, 0.2) is 0 Å². The van der Waals surface area contributed by atoms with Gasteiger partial charge in [0.1, 0.15) is 5.82 Å². The number of hydrogen-bond donors (Lipinski definition) is 1. The van der Waals surface area contributed by atoms with Gasteiger partial charge in [0.05, 0.1) is 16.2 Å². The molecule has 2 aromatic rings. The molecule has 1 radical (unpaired) electrons. The lowest BCUT2D eigenvalue weighted by Crippen LogP contribution is -2.10. The summed E-state index contributed by atoms with van der Waals surface area (Å²) in [6.45, 7) is 0. The van der Waals surface area contributed by atoms with Crippen LogP contribution in [0, 0.1) is 15.9 Å². The highest BCUT2D eigenvalue weighted by Gasteiger charge is 2.26. The number of nitrogens with zero attached hydrogens (tertiary/aromatic N) is 2. The van der Waals surface area contributed by atoms with Crippen molar-refractivity contribution < 1.29 is 14.1 Å². The average molecular weight is 286 g/mol. The predicted molar refractivity (Wildman–Crippen MR) is 72.4 cm³/mol. The molecule has 1 heterocycles. The lowest BCUT2D eigenvalue weighted by atomic mass is 10.0. The minimum Gasteiger partial charge on any atom is -0.274 e. The standard InChI is InChI=1S/C14H9FN3O3/c15-10-3-1-8(2-4-10)5-9-6-12-11(14(19)17-16-12)7-13(9)18(20)21/h1-4,6-7,16H,5H2. The first kappa shape index (κ1) is 13.0. The summed E-state index contributed by atoms with van der Waals surface area (Å²) in [5, 5.41) is 11.2. The molecule has 0 unspecified atom stereocenters. The Bertz CT molecular complexity index is 744. The lowest BCUT2D eigenvalue weighted by Gasteiger charge is -2.06. The van der Waals surface area contributed by atoms with E-state index in [1.54, 1.807) is 12.1 Å². The minimum absolute atomic E-state index is 0.148. The quantitative estimate of drug-likeness (QED) is 0.693. The van der Waals surface area contributed by atoms with Crippen LogP contribution in [0.5, 0.6) is 0 Å². The first-order chi connectivity index (χ1) is 10.0. The maximum Gasteiger partial charge on any atom is 0.295 e. The average Bonchev–Trinajstić information content (AvgIpc) is 2.81. The van der Waals surface area contributed by atoms with E-state index in [4.69, 9.17) is 0 Å². The molecule has 0 saturated carbocycles. The maximum absolute atomic E-state index is 12.9. The fraction of sp³-hybridized carbons (Fsp3) is 0.0714. The topological polar surface area (TPSA) is 86.3 Å². The smallest absolute Gasteiger partial charge is 0.274 e. The number of benzene rings is 2.